The topological polar surface area (TPSA) is 12.5 Å². The highest BCUT2D eigenvalue weighted by molar-refractivity contribution is 5.36. The van der Waals surface area contributed by atoms with Crippen molar-refractivity contribution in [3.8, 4) is 0 Å². The molecule has 1 aliphatic carbocycles. The van der Waals surface area contributed by atoms with Gasteiger partial charge in [-0.15, -0.1) is 0 Å². The zero-order chi connectivity index (χ0) is 8.23. The van der Waals surface area contributed by atoms with Crippen LogP contribution in [0.5, 0.6) is 0 Å². The van der Waals surface area contributed by atoms with E-state index in [-0.39, 0.29) is 11.2 Å². The van der Waals surface area contributed by atoms with Gasteiger partial charge in [0.2, 0.25) is 0 Å². The summed E-state index contributed by atoms with van der Waals surface area (Å²) in [7, 11) is 0. The Kier molecular flexibility index (Phi) is 0.969. The second-order valence-electron chi connectivity index (χ2n) is 4.00. The molecule has 1 aromatic carbocycles. The van der Waals surface area contributed by atoms with Gasteiger partial charge in [0.1, 0.15) is 11.2 Å². The maximum Gasteiger partial charge on any atom is 0.120 e. The van der Waals surface area contributed by atoms with Gasteiger partial charge in [-0.3, -0.25) is 0 Å². The SMILES string of the molecule is C[C@]1(c2ccccc2)OC12CC2. The van der Waals surface area contributed by atoms with Gasteiger partial charge in [-0.2, -0.15) is 0 Å². The van der Waals surface area contributed by atoms with Gasteiger partial charge in [0.15, 0.2) is 0 Å². The van der Waals surface area contributed by atoms with Gasteiger partial charge >= 0.3 is 0 Å². The lowest BCUT2D eigenvalue weighted by atomic mass is 9.96. The van der Waals surface area contributed by atoms with E-state index >= 15 is 0 Å². The first-order valence-electron chi connectivity index (χ1n) is 4.53. The van der Waals surface area contributed by atoms with Crippen LogP contribution in [0.3, 0.4) is 0 Å². The lowest BCUT2D eigenvalue weighted by molar-refractivity contribution is 0.308. The summed E-state index contributed by atoms with van der Waals surface area (Å²) in [5, 5.41) is 0. The lowest BCUT2D eigenvalue weighted by Gasteiger charge is -2.04. The van der Waals surface area contributed by atoms with E-state index in [9.17, 15) is 0 Å². The first kappa shape index (κ1) is 6.67. The molecule has 12 heavy (non-hydrogen) atoms. The average molecular weight is 160 g/mol. The molecule has 62 valence electrons. The lowest BCUT2D eigenvalue weighted by Crippen LogP contribution is -2.07. The molecule has 3 rings (SSSR count). The van der Waals surface area contributed by atoms with Crippen LogP contribution >= 0.6 is 0 Å². The van der Waals surface area contributed by atoms with E-state index in [1.807, 2.05) is 0 Å². The first-order valence-corrected chi connectivity index (χ1v) is 4.53. The van der Waals surface area contributed by atoms with Crippen LogP contribution in [0.1, 0.15) is 25.3 Å². The van der Waals surface area contributed by atoms with Crippen LogP contribution < -0.4 is 0 Å². The number of rotatable bonds is 1. The summed E-state index contributed by atoms with van der Waals surface area (Å²) in [5.74, 6) is 0. The molecule has 1 nitrogen and oxygen atoms in total. The van der Waals surface area contributed by atoms with Gasteiger partial charge in [-0.05, 0) is 25.3 Å². The van der Waals surface area contributed by atoms with Crippen LogP contribution in [0.4, 0.5) is 0 Å². The largest absolute Gasteiger partial charge is 0.358 e. The third-order valence-corrected chi connectivity index (χ3v) is 3.26. The molecule has 2 fully saturated rings. The highest BCUT2D eigenvalue weighted by Crippen LogP contribution is 2.69. The molecular weight excluding hydrogens is 148 g/mol. The van der Waals surface area contributed by atoms with Gasteiger partial charge in [0, 0.05) is 0 Å². The van der Waals surface area contributed by atoms with Gasteiger partial charge in [-0.1, -0.05) is 30.3 Å². The molecule has 1 saturated carbocycles. The van der Waals surface area contributed by atoms with E-state index in [4.69, 9.17) is 4.74 Å². The summed E-state index contributed by atoms with van der Waals surface area (Å²) in [6.07, 6.45) is 2.50. The summed E-state index contributed by atoms with van der Waals surface area (Å²) in [6.45, 7) is 2.20. The van der Waals surface area contributed by atoms with E-state index in [1.54, 1.807) is 0 Å². The molecule has 1 heteroatoms. The summed E-state index contributed by atoms with van der Waals surface area (Å²) >= 11 is 0. The Bertz CT molecular complexity index is 313. The number of ether oxygens (including phenoxy) is 1. The van der Waals surface area contributed by atoms with Crippen molar-refractivity contribution >= 4 is 0 Å². The first-order chi connectivity index (χ1) is 5.77. The van der Waals surface area contributed by atoms with Crippen LogP contribution in [0, 0.1) is 0 Å². The van der Waals surface area contributed by atoms with Crippen LogP contribution in [0.25, 0.3) is 0 Å². The van der Waals surface area contributed by atoms with Crippen molar-refractivity contribution in [2.45, 2.75) is 31.0 Å². The zero-order valence-corrected chi connectivity index (χ0v) is 7.21. The Morgan fingerprint density at radius 3 is 2.33 bits per heavy atom. The molecule has 1 saturated heterocycles. The third-order valence-electron chi connectivity index (χ3n) is 3.26. The number of hydrogen-bond donors (Lipinski definition) is 0. The highest BCUT2D eigenvalue weighted by Gasteiger charge is 2.74. The third kappa shape index (κ3) is 0.632. The van der Waals surface area contributed by atoms with Crippen molar-refractivity contribution in [1.82, 2.24) is 0 Å². The van der Waals surface area contributed by atoms with Crippen LogP contribution in [0.2, 0.25) is 0 Å². The second kappa shape index (κ2) is 1.74. The predicted molar refractivity (Wildman–Crippen MR) is 46.8 cm³/mol. The van der Waals surface area contributed by atoms with Crippen molar-refractivity contribution in [1.29, 1.82) is 0 Å². The number of benzene rings is 1. The van der Waals surface area contributed by atoms with Gasteiger partial charge in [0.25, 0.3) is 0 Å². The molecule has 0 unspecified atom stereocenters. The quantitative estimate of drug-likeness (QED) is 0.575. The van der Waals surface area contributed by atoms with Gasteiger partial charge < -0.3 is 4.74 Å². The van der Waals surface area contributed by atoms with E-state index in [0.29, 0.717) is 0 Å². The molecule has 0 aromatic heterocycles. The molecular formula is C11H12O. The average Bonchev–Trinajstić information content (AvgIpc) is 2.97. The molecule has 1 aromatic rings. The smallest absolute Gasteiger partial charge is 0.120 e. The number of epoxide rings is 1. The standard InChI is InChI=1S/C11H12O/c1-10(11(12-10)7-8-11)9-5-3-2-4-6-9/h2-6H,7-8H2,1H3/t10-/m1/s1. The van der Waals surface area contributed by atoms with E-state index in [0.717, 1.165) is 0 Å². The Hall–Kier alpha value is -0.820. The zero-order valence-electron chi connectivity index (χ0n) is 7.21. The van der Waals surface area contributed by atoms with E-state index < -0.39 is 0 Å². The molecule has 0 radical (unpaired) electrons. The Labute approximate surface area is 72.4 Å². The minimum absolute atomic E-state index is 0.0499. The Morgan fingerprint density at radius 1 is 1.17 bits per heavy atom. The molecule has 1 aliphatic heterocycles. The molecule has 0 bridgehead atoms. The second-order valence-corrected chi connectivity index (χ2v) is 4.00. The number of hydrogen-bond acceptors (Lipinski definition) is 1. The summed E-state index contributed by atoms with van der Waals surface area (Å²) < 4.78 is 5.79. The predicted octanol–water partition coefficient (Wildman–Crippen LogP) is 2.46. The highest BCUT2D eigenvalue weighted by atomic mass is 16.6. The van der Waals surface area contributed by atoms with Crippen LogP contribution in [-0.2, 0) is 10.3 Å². The van der Waals surface area contributed by atoms with E-state index in [1.165, 1.54) is 18.4 Å². The van der Waals surface area contributed by atoms with Crippen molar-refractivity contribution in [3.63, 3.8) is 0 Å². The van der Waals surface area contributed by atoms with Crippen LogP contribution in [0.15, 0.2) is 30.3 Å². The van der Waals surface area contributed by atoms with E-state index in [2.05, 4.69) is 37.3 Å². The Balaban J connectivity index is 2.01. The minimum atomic E-state index is 0.0499. The van der Waals surface area contributed by atoms with Crippen molar-refractivity contribution in [2.75, 3.05) is 0 Å². The fourth-order valence-electron chi connectivity index (χ4n) is 2.14. The molecule has 1 spiro atoms. The van der Waals surface area contributed by atoms with Crippen molar-refractivity contribution in [3.05, 3.63) is 35.9 Å². The fraction of sp³-hybridized carbons (Fsp3) is 0.455. The van der Waals surface area contributed by atoms with Crippen LogP contribution in [-0.4, -0.2) is 5.60 Å². The molecule has 2 aliphatic rings. The Morgan fingerprint density at radius 2 is 1.83 bits per heavy atom. The molecule has 0 amide bonds. The normalized spacial score (nSPS) is 35.1. The maximum atomic E-state index is 5.79. The molecule has 1 atom stereocenters. The minimum Gasteiger partial charge on any atom is -0.358 e. The summed E-state index contributed by atoms with van der Waals surface area (Å²) in [5.41, 5.74) is 1.64. The maximum absolute atomic E-state index is 5.79. The summed E-state index contributed by atoms with van der Waals surface area (Å²) in [6, 6.07) is 10.5. The van der Waals surface area contributed by atoms with Crippen molar-refractivity contribution < 1.29 is 4.74 Å². The van der Waals surface area contributed by atoms with Gasteiger partial charge in [-0.25, -0.2) is 0 Å². The fourth-order valence-corrected chi connectivity index (χ4v) is 2.14. The monoisotopic (exact) mass is 160 g/mol. The molecule has 0 N–H and O–H groups in total. The molecule has 1 heterocycles. The van der Waals surface area contributed by atoms with Crippen molar-refractivity contribution in [2.24, 2.45) is 0 Å². The summed E-state index contributed by atoms with van der Waals surface area (Å²) in [4.78, 5) is 0. The van der Waals surface area contributed by atoms with Gasteiger partial charge in [0.05, 0.1) is 0 Å².